The second-order valence-electron chi connectivity index (χ2n) is 5.00. The van der Waals surface area contributed by atoms with Crippen LogP contribution in [0.3, 0.4) is 0 Å². The number of rotatable bonds is 2. The normalized spacial score (nSPS) is 20.6. The molecule has 2 heterocycles. The molecule has 0 spiro atoms. The van der Waals surface area contributed by atoms with Crippen molar-refractivity contribution < 1.29 is 4.74 Å². The van der Waals surface area contributed by atoms with Crippen LogP contribution in [0.2, 0.25) is 0 Å². The largest absolute Gasteiger partial charge is 0.497 e. The lowest BCUT2D eigenvalue weighted by molar-refractivity contribution is 0.199. The van der Waals surface area contributed by atoms with Gasteiger partial charge < -0.3 is 10.1 Å². The number of hydrogen-bond acceptors (Lipinski definition) is 4. The third kappa shape index (κ3) is 2.41. The number of ether oxygens (including phenoxy) is 1. The molecule has 3 rings (SSSR count). The molecule has 4 nitrogen and oxygen atoms in total. The summed E-state index contributed by atoms with van der Waals surface area (Å²) in [5.74, 6) is 0.874. The predicted octanol–water partition coefficient (Wildman–Crippen LogP) is 1.82. The molecule has 4 heteroatoms. The molecule has 1 aromatic heterocycles. The maximum absolute atomic E-state index is 5.24. The number of piperazine rings is 1. The van der Waals surface area contributed by atoms with Crippen molar-refractivity contribution in [3.8, 4) is 5.75 Å². The lowest BCUT2D eigenvalue weighted by atomic mass is 10.1. The Hall–Kier alpha value is -1.65. The number of aromatic nitrogens is 1. The Kier molecular flexibility index (Phi) is 3.36. The Morgan fingerprint density at radius 2 is 2.21 bits per heavy atom. The number of hydrogen-bond donors (Lipinski definition) is 1. The summed E-state index contributed by atoms with van der Waals surface area (Å²) in [6.45, 7) is 3.08. The Labute approximate surface area is 113 Å². The molecule has 0 aliphatic carbocycles. The maximum atomic E-state index is 5.24. The van der Waals surface area contributed by atoms with E-state index in [1.165, 1.54) is 0 Å². The SMILES string of the molecule is COc1ccc2nc(C3CNCCN3C)ccc2c1. The van der Waals surface area contributed by atoms with Gasteiger partial charge in [0.25, 0.3) is 0 Å². The molecule has 1 saturated heterocycles. The highest BCUT2D eigenvalue weighted by Crippen LogP contribution is 2.24. The molecule has 0 bridgehead atoms. The summed E-state index contributed by atoms with van der Waals surface area (Å²) in [7, 11) is 3.84. The predicted molar refractivity (Wildman–Crippen MR) is 76.5 cm³/mol. The van der Waals surface area contributed by atoms with Gasteiger partial charge in [-0.1, -0.05) is 6.07 Å². The summed E-state index contributed by atoms with van der Waals surface area (Å²) in [6, 6.07) is 10.6. The molecule has 100 valence electrons. The van der Waals surface area contributed by atoms with Gasteiger partial charge in [0.2, 0.25) is 0 Å². The van der Waals surface area contributed by atoms with Crippen molar-refractivity contribution in [1.82, 2.24) is 15.2 Å². The first-order valence-electron chi connectivity index (χ1n) is 6.63. The number of nitrogens with zero attached hydrogens (tertiary/aromatic N) is 2. The fourth-order valence-corrected chi connectivity index (χ4v) is 2.57. The highest BCUT2D eigenvalue weighted by molar-refractivity contribution is 5.80. The van der Waals surface area contributed by atoms with Gasteiger partial charge in [-0.05, 0) is 31.3 Å². The Morgan fingerprint density at radius 3 is 3.00 bits per heavy atom. The van der Waals surface area contributed by atoms with Gasteiger partial charge in [-0.2, -0.15) is 0 Å². The minimum absolute atomic E-state index is 0.361. The molecule has 1 unspecified atom stereocenters. The summed E-state index contributed by atoms with van der Waals surface area (Å²) in [5, 5.41) is 4.55. The van der Waals surface area contributed by atoms with Gasteiger partial charge in [-0.15, -0.1) is 0 Å². The summed E-state index contributed by atoms with van der Waals surface area (Å²) < 4.78 is 5.24. The van der Waals surface area contributed by atoms with Crippen molar-refractivity contribution in [2.75, 3.05) is 33.8 Å². The first-order valence-corrected chi connectivity index (χ1v) is 6.63. The van der Waals surface area contributed by atoms with Gasteiger partial charge in [0.1, 0.15) is 5.75 Å². The van der Waals surface area contributed by atoms with Crippen molar-refractivity contribution in [3.63, 3.8) is 0 Å². The number of likely N-dealkylation sites (N-methyl/N-ethyl adjacent to an activating group) is 1. The summed E-state index contributed by atoms with van der Waals surface area (Å²) in [4.78, 5) is 7.14. The van der Waals surface area contributed by atoms with E-state index in [9.17, 15) is 0 Å². The molecule has 0 saturated carbocycles. The summed E-state index contributed by atoms with van der Waals surface area (Å²) in [6.07, 6.45) is 0. The standard InChI is InChI=1S/C15H19N3O/c1-18-8-7-16-10-15(18)14-5-3-11-9-12(19-2)4-6-13(11)17-14/h3-6,9,15-16H,7-8,10H2,1-2H3. The number of benzene rings is 1. The quantitative estimate of drug-likeness (QED) is 0.890. The van der Waals surface area contributed by atoms with Gasteiger partial charge in [-0.3, -0.25) is 9.88 Å². The molecule has 0 amide bonds. The first-order chi connectivity index (χ1) is 9.28. The Balaban J connectivity index is 1.97. The topological polar surface area (TPSA) is 37.4 Å². The molecule has 1 aromatic carbocycles. The molecule has 0 radical (unpaired) electrons. The van der Waals surface area contributed by atoms with Crippen LogP contribution in [0.1, 0.15) is 11.7 Å². The fourth-order valence-electron chi connectivity index (χ4n) is 2.57. The van der Waals surface area contributed by atoms with Crippen LogP contribution in [0.4, 0.5) is 0 Å². The Bertz CT molecular complexity index is 585. The summed E-state index contributed by atoms with van der Waals surface area (Å²) in [5.41, 5.74) is 2.16. The van der Waals surface area contributed by atoms with E-state index in [4.69, 9.17) is 9.72 Å². The second kappa shape index (κ2) is 5.15. The van der Waals surface area contributed by atoms with Crippen LogP contribution < -0.4 is 10.1 Å². The average molecular weight is 257 g/mol. The zero-order chi connectivity index (χ0) is 13.2. The van der Waals surface area contributed by atoms with Gasteiger partial charge in [-0.25, -0.2) is 0 Å². The molecular weight excluding hydrogens is 238 g/mol. The molecule has 1 N–H and O–H groups in total. The highest BCUT2D eigenvalue weighted by Gasteiger charge is 2.21. The second-order valence-corrected chi connectivity index (χ2v) is 5.00. The monoisotopic (exact) mass is 257 g/mol. The van der Waals surface area contributed by atoms with E-state index in [1.807, 2.05) is 18.2 Å². The third-order valence-electron chi connectivity index (χ3n) is 3.77. The smallest absolute Gasteiger partial charge is 0.119 e. The zero-order valence-electron chi connectivity index (χ0n) is 11.4. The van der Waals surface area contributed by atoms with E-state index in [-0.39, 0.29) is 0 Å². The highest BCUT2D eigenvalue weighted by atomic mass is 16.5. The molecular formula is C15H19N3O. The lowest BCUT2D eigenvalue weighted by Gasteiger charge is -2.32. The molecule has 1 fully saturated rings. The molecule has 1 aliphatic heterocycles. The van der Waals surface area contributed by atoms with E-state index in [0.717, 1.165) is 42.0 Å². The van der Waals surface area contributed by atoms with Gasteiger partial charge in [0.15, 0.2) is 0 Å². The van der Waals surface area contributed by atoms with Crippen LogP contribution >= 0.6 is 0 Å². The number of fused-ring (bicyclic) bond motifs is 1. The molecule has 1 aliphatic rings. The molecule has 1 atom stereocenters. The molecule has 2 aromatic rings. The van der Waals surface area contributed by atoms with Crippen molar-refractivity contribution in [2.45, 2.75) is 6.04 Å². The lowest BCUT2D eigenvalue weighted by Crippen LogP contribution is -2.44. The van der Waals surface area contributed by atoms with Gasteiger partial charge >= 0.3 is 0 Å². The maximum Gasteiger partial charge on any atom is 0.119 e. The van der Waals surface area contributed by atoms with Crippen LogP contribution in [0, 0.1) is 0 Å². The number of nitrogens with one attached hydrogen (secondary N) is 1. The molecule has 19 heavy (non-hydrogen) atoms. The minimum atomic E-state index is 0.361. The first kappa shape index (κ1) is 12.4. The van der Waals surface area contributed by atoms with Crippen molar-refractivity contribution in [1.29, 1.82) is 0 Å². The van der Waals surface area contributed by atoms with E-state index in [0.29, 0.717) is 6.04 Å². The van der Waals surface area contributed by atoms with E-state index in [1.54, 1.807) is 7.11 Å². The van der Waals surface area contributed by atoms with Crippen molar-refractivity contribution >= 4 is 10.9 Å². The minimum Gasteiger partial charge on any atom is -0.497 e. The van der Waals surface area contributed by atoms with Crippen LogP contribution in [0.15, 0.2) is 30.3 Å². The van der Waals surface area contributed by atoms with Crippen LogP contribution in [0.5, 0.6) is 5.75 Å². The zero-order valence-corrected chi connectivity index (χ0v) is 11.4. The van der Waals surface area contributed by atoms with E-state index >= 15 is 0 Å². The van der Waals surface area contributed by atoms with Crippen LogP contribution in [0.25, 0.3) is 10.9 Å². The summed E-state index contributed by atoms with van der Waals surface area (Å²) >= 11 is 0. The van der Waals surface area contributed by atoms with Gasteiger partial charge in [0, 0.05) is 25.0 Å². The Morgan fingerprint density at radius 1 is 1.32 bits per heavy atom. The van der Waals surface area contributed by atoms with Crippen LogP contribution in [-0.2, 0) is 0 Å². The van der Waals surface area contributed by atoms with Crippen LogP contribution in [-0.4, -0.2) is 43.7 Å². The average Bonchev–Trinajstić information content (AvgIpc) is 2.46. The van der Waals surface area contributed by atoms with Crippen molar-refractivity contribution in [2.24, 2.45) is 0 Å². The number of pyridine rings is 1. The van der Waals surface area contributed by atoms with Gasteiger partial charge in [0.05, 0.1) is 24.4 Å². The third-order valence-corrected chi connectivity index (χ3v) is 3.77. The van der Waals surface area contributed by atoms with E-state index < -0.39 is 0 Å². The fraction of sp³-hybridized carbons (Fsp3) is 0.400. The van der Waals surface area contributed by atoms with Crippen molar-refractivity contribution in [3.05, 3.63) is 36.0 Å². The van der Waals surface area contributed by atoms with E-state index in [2.05, 4.69) is 29.4 Å². The number of methoxy groups -OCH3 is 1.